The van der Waals surface area contributed by atoms with Gasteiger partial charge in [-0.15, -0.1) is 0 Å². The Hall–Kier alpha value is -1.16. The molecule has 4 aliphatic carbocycles. The number of Topliss-reactive ketones (excluding diaryl/α,β-unsaturated/α-hetero) is 1. The summed E-state index contributed by atoms with van der Waals surface area (Å²) in [4.78, 5) is 25.6. The Morgan fingerprint density at radius 1 is 1.16 bits per heavy atom. The molecule has 0 amide bonds. The summed E-state index contributed by atoms with van der Waals surface area (Å²) in [5.74, 6) is 2.57. The van der Waals surface area contributed by atoms with Crippen LogP contribution in [0.5, 0.6) is 0 Å². The van der Waals surface area contributed by atoms with Crippen molar-refractivity contribution >= 4 is 11.8 Å². The summed E-state index contributed by atoms with van der Waals surface area (Å²) in [6, 6.07) is 0. The highest BCUT2D eigenvalue weighted by atomic mass is 16.5. The van der Waals surface area contributed by atoms with Gasteiger partial charge in [0.2, 0.25) is 0 Å². The van der Waals surface area contributed by atoms with E-state index in [1.54, 1.807) is 0 Å². The fourth-order valence-corrected chi connectivity index (χ4v) is 8.81. The molecule has 0 heterocycles. The van der Waals surface area contributed by atoms with E-state index in [1.165, 1.54) is 20.0 Å². The SMILES string of the molecule is C/C=C1/C(=O)[C@H]2C3CC[C@H]([C@H](C)CCC(=O)OC)[C@@]3(C)CCC2[C@@]2(C)CC[C@@H](O)C[C@@H]12. The summed E-state index contributed by atoms with van der Waals surface area (Å²) >= 11 is 0. The van der Waals surface area contributed by atoms with Crippen molar-refractivity contribution in [1.29, 1.82) is 0 Å². The van der Waals surface area contributed by atoms with Gasteiger partial charge in [-0.2, -0.15) is 0 Å². The van der Waals surface area contributed by atoms with E-state index in [4.69, 9.17) is 4.74 Å². The first-order valence-corrected chi connectivity index (χ1v) is 12.6. The highest BCUT2D eigenvalue weighted by molar-refractivity contribution is 5.99. The minimum Gasteiger partial charge on any atom is -0.469 e. The zero-order chi connectivity index (χ0) is 22.6. The van der Waals surface area contributed by atoms with Gasteiger partial charge in [0.25, 0.3) is 0 Å². The van der Waals surface area contributed by atoms with E-state index >= 15 is 0 Å². The molecular formula is C27H42O4. The second kappa shape index (κ2) is 8.32. The summed E-state index contributed by atoms with van der Waals surface area (Å²) in [7, 11) is 1.47. The highest BCUT2D eigenvalue weighted by Gasteiger charge is 2.64. The number of fused-ring (bicyclic) bond motifs is 5. The molecule has 4 saturated carbocycles. The molecule has 0 aromatic carbocycles. The minimum absolute atomic E-state index is 0.117. The molecule has 4 aliphatic rings. The second-order valence-electron chi connectivity index (χ2n) is 11.7. The lowest BCUT2D eigenvalue weighted by Crippen LogP contribution is -2.58. The van der Waals surface area contributed by atoms with Gasteiger partial charge in [0.1, 0.15) is 0 Å². The maximum Gasteiger partial charge on any atom is 0.305 e. The zero-order valence-corrected chi connectivity index (χ0v) is 20.2. The molecule has 0 bridgehead atoms. The normalized spacial score (nSPS) is 46.8. The van der Waals surface area contributed by atoms with Crippen LogP contribution in [0.2, 0.25) is 0 Å². The van der Waals surface area contributed by atoms with Gasteiger partial charge in [-0.1, -0.05) is 26.8 Å². The van der Waals surface area contributed by atoms with Crippen LogP contribution in [0.15, 0.2) is 11.6 Å². The summed E-state index contributed by atoms with van der Waals surface area (Å²) in [5.41, 5.74) is 1.33. The van der Waals surface area contributed by atoms with Crippen LogP contribution in [0, 0.1) is 46.3 Å². The standard InChI is InChI=1S/C27H42O4/c1-6-18-22-15-17(28)11-13-27(22,4)21-12-14-26(3)19(16(2)7-10-23(29)31-5)8-9-20(26)24(21)25(18)30/h6,16-17,19-22,24,28H,7-15H2,1-5H3/b18-6+/t16-,17-,19-,20?,21?,22+,24+,26-,27-/m1/s1. The number of carbonyl (C=O) groups excluding carboxylic acids is 2. The van der Waals surface area contributed by atoms with Crippen LogP contribution in [0.4, 0.5) is 0 Å². The number of hydrogen-bond donors (Lipinski definition) is 1. The molecule has 0 aromatic rings. The molecule has 2 unspecified atom stereocenters. The predicted octanol–water partition coefficient (Wildman–Crippen LogP) is 5.33. The fraction of sp³-hybridized carbons (Fsp3) is 0.852. The van der Waals surface area contributed by atoms with Crippen molar-refractivity contribution in [3.63, 3.8) is 0 Å². The summed E-state index contributed by atoms with van der Waals surface area (Å²) in [6.07, 6.45) is 10.4. The van der Waals surface area contributed by atoms with Gasteiger partial charge in [0.15, 0.2) is 5.78 Å². The molecule has 4 fully saturated rings. The Kier molecular flexibility index (Phi) is 6.17. The first-order chi connectivity index (χ1) is 14.7. The van der Waals surface area contributed by atoms with E-state index in [0.29, 0.717) is 35.9 Å². The smallest absolute Gasteiger partial charge is 0.305 e. The van der Waals surface area contributed by atoms with Gasteiger partial charge in [0.05, 0.1) is 13.2 Å². The predicted molar refractivity (Wildman–Crippen MR) is 121 cm³/mol. The summed E-state index contributed by atoms with van der Waals surface area (Å²) in [6.45, 7) is 9.18. The van der Waals surface area contributed by atoms with Gasteiger partial charge in [-0.25, -0.2) is 0 Å². The maximum absolute atomic E-state index is 13.9. The Morgan fingerprint density at radius 2 is 1.84 bits per heavy atom. The Morgan fingerprint density at radius 3 is 2.52 bits per heavy atom. The van der Waals surface area contributed by atoms with Gasteiger partial charge >= 0.3 is 5.97 Å². The van der Waals surface area contributed by atoms with Gasteiger partial charge in [-0.05, 0) is 104 Å². The molecule has 0 aromatic heterocycles. The third-order valence-corrected chi connectivity index (χ3v) is 10.5. The van der Waals surface area contributed by atoms with E-state index < -0.39 is 0 Å². The van der Waals surface area contributed by atoms with Crippen LogP contribution in [0.3, 0.4) is 0 Å². The number of ketones is 1. The van der Waals surface area contributed by atoms with E-state index in [-0.39, 0.29) is 34.7 Å². The van der Waals surface area contributed by atoms with Crippen molar-refractivity contribution < 1.29 is 19.4 Å². The number of methoxy groups -OCH3 is 1. The van der Waals surface area contributed by atoms with Crippen molar-refractivity contribution in [3.8, 4) is 0 Å². The first kappa shape index (κ1) is 23.0. The third-order valence-electron chi connectivity index (χ3n) is 10.5. The molecule has 31 heavy (non-hydrogen) atoms. The lowest BCUT2D eigenvalue weighted by molar-refractivity contribution is -0.150. The molecular weight excluding hydrogens is 388 g/mol. The molecule has 0 spiro atoms. The van der Waals surface area contributed by atoms with Crippen molar-refractivity contribution in [3.05, 3.63) is 11.6 Å². The maximum atomic E-state index is 13.9. The molecule has 0 saturated heterocycles. The first-order valence-electron chi connectivity index (χ1n) is 12.6. The van der Waals surface area contributed by atoms with Crippen molar-refractivity contribution in [2.75, 3.05) is 7.11 Å². The number of allylic oxidation sites excluding steroid dienone is 2. The molecule has 4 rings (SSSR count). The van der Waals surface area contributed by atoms with Crippen LogP contribution in [0.25, 0.3) is 0 Å². The van der Waals surface area contributed by atoms with E-state index in [0.717, 1.165) is 44.1 Å². The lowest BCUT2D eigenvalue weighted by Gasteiger charge is -2.61. The Bertz CT molecular complexity index is 756. The Balaban J connectivity index is 1.61. The number of aliphatic hydroxyl groups is 1. The minimum atomic E-state index is -0.266. The van der Waals surface area contributed by atoms with Crippen molar-refractivity contribution in [2.24, 2.45) is 46.3 Å². The number of ether oxygens (including phenoxy) is 1. The largest absolute Gasteiger partial charge is 0.469 e. The van der Waals surface area contributed by atoms with Crippen LogP contribution in [0.1, 0.15) is 85.5 Å². The fourth-order valence-electron chi connectivity index (χ4n) is 8.81. The van der Waals surface area contributed by atoms with E-state index in [1.807, 2.05) is 6.92 Å². The number of esters is 1. The van der Waals surface area contributed by atoms with Crippen LogP contribution in [-0.4, -0.2) is 30.1 Å². The molecule has 0 aliphatic heterocycles. The number of rotatable bonds is 4. The molecule has 1 N–H and O–H groups in total. The zero-order valence-electron chi connectivity index (χ0n) is 20.2. The third kappa shape index (κ3) is 3.52. The van der Waals surface area contributed by atoms with Gasteiger partial charge in [0, 0.05) is 12.3 Å². The van der Waals surface area contributed by atoms with Gasteiger partial charge in [-0.3, -0.25) is 9.59 Å². The van der Waals surface area contributed by atoms with E-state index in [2.05, 4.69) is 26.8 Å². The second-order valence-corrected chi connectivity index (χ2v) is 11.7. The van der Waals surface area contributed by atoms with Crippen LogP contribution >= 0.6 is 0 Å². The van der Waals surface area contributed by atoms with Crippen LogP contribution < -0.4 is 0 Å². The molecule has 9 atom stereocenters. The molecule has 0 radical (unpaired) electrons. The average Bonchev–Trinajstić information content (AvgIpc) is 3.10. The van der Waals surface area contributed by atoms with E-state index in [9.17, 15) is 14.7 Å². The number of aliphatic hydroxyl groups excluding tert-OH is 1. The quantitative estimate of drug-likeness (QED) is 0.484. The van der Waals surface area contributed by atoms with Crippen molar-refractivity contribution in [2.45, 2.75) is 91.6 Å². The average molecular weight is 431 g/mol. The van der Waals surface area contributed by atoms with Crippen LogP contribution in [-0.2, 0) is 14.3 Å². The summed E-state index contributed by atoms with van der Waals surface area (Å²) in [5, 5.41) is 10.4. The summed E-state index contributed by atoms with van der Waals surface area (Å²) < 4.78 is 4.87. The highest BCUT2D eigenvalue weighted by Crippen LogP contribution is 2.68. The molecule has 4 heteroatoms. The van der Waals surface area contributed by atoms with Crippen molar-refractivity contribution in [1.82, 2.24) is 0 Å². The lowest BCUT2D eigenvalue weighted by atomic mass is 9.43. The Labute approximate surface area is 188 Å². The number of hydrogen-bond acceptors (Lipinski definition) is 4. The van der Waals surface area contributed by atoms with Gasteiger partial charge < -0.3 is 9.84 Å². The monoisotopic (exact) mass is 430 g/mol. The molecule has 174 valence electrons. The number of carbonyl (C=O) groups is 2. The topological polar surface area (TPSA) is 63.6 Å². The molecule has 4 nitrogen and oxygen atoms in total.